The zero-order valence-corrected chi connectivity index (χ0v) is 22.6. The lowest BCUT2D eigenvalue weighted by atomic mass is 10.1. The maximum Gasteiger partial charge on any atom is 0.262 e. The maximum absolute atomic E-state index is 13.1. The van der Waals surface area contributed by atoms with Crippen LogP contribution in [-0.2, 0) is 20.0 Å². The van der Waals surface area contributed by atoms with Crippen molar-refractivity contribution in [3.8, 4) is 0 Å². The zero-order chi connectivity index (χ0) is 26.7. The van der Waals surface area contributed by atoms with E-state index in [1.165, 1.54) is 34.6 Å². The number of amides is 1. The molecule has 3 rings (SSSR count). The number of nitrogens with one attached hydrogen (secondary N) is 2. The first-order chi connectivity index (χ1) is 16.9. The van der Waals surface area contributed by atoms with Crippen LogP contribution < -0.4 is 10.0 Å². The SMILES string of the molecule is CCN(CC)S(=O)(=O)c1ccc(NC(=O)c2ccc(C)c(S(=O)(=O)Nc3cc(C)cc(C)c3)c2)cc1. The lowest BCUT2D eigenvalue weighted by Crippen LogP contribution is -2.30. The molecule has 192 valence electrons. The van der Waals surface area contributed by atoms with Crippen molar-refractivity contribution in [2.45, 2.75) is 44.4 Å². The minimum absolute atomic E-state index is 0.00465. The second-order valence-electron chi connectivity index (χ2n) is 8.53. The van der Waals surface area contributed by atoms with Crippen LogP contribution in [0.25, 0.3) is 0 Å². The van der Waals surface area contributed by atoms with Gasteiger partial charge in [-0.1, -0.05) is 26.0 Å². The Hall–Kier alpha value is -3.21. The summed E-state index contributed by atoms with van der Waals surface area (Å²) in [4.78, 5) is 13.0. The summed E-state index contributed by atoms with van der Waals surface area (Å²) >= 11 is 0. The van der Waals surface area contributed by atoms with Gasteiger partial charge >= 0.3 is 0 Å². The fraction of sp³-hybridized carbons (Fsp3) is 0.269. The highest BCUT2D eigenvalue weighted by molar-refractivity contribution is 7.92. The first-order valence-electron chi connectivity index (χ1n) is 11.5. The molecule has 0 aliphatic carbocycles. The minimum Gasteiger partial charge on any atom is -0.322 e. The van der Waals surface area contributed by atoms with E-state index < -0.39 is 26.0 Å². The van der Waals surface area contributed by atoms with E-state index in [9.17, 15) is 21.6 Å². The number of nitrogens with zero attached hydrogens (tertiary/aromatic N) is 1. The number of benzene rings is 3. The number of hydrogen-bond acceptors (Lipinski definition) is 5. The van der Waals surface area contributed by atoms with Gasteiger partial charge in [-0.2, -0.15) is 4.31 Å². The molecular weight excluding hydrogens is 498 g/mol. The van der Waals surface area contributed by atoms with Gasteiger partial charge in [0.1, 0.15) is 0 Å². The lowest BCUT2D eigenvalue weighted by molar-refractivity contribution is 0.102. The van der Waals surface area contributed by atoms with E-state index in [0.29, 0.717) is 30.0 Å². The summed E-state index contributed by atoms with van der Waals surface area (Å²) in [5.41, 5.74) is 3.33. The van der Waals surface area contributed by atoms with E-state index >= 15 is 0 Å². The third kappa shape index (κ3) is 6.13. The van der Waals surface area contributed by atoms with Gasteiger partial charge in [0.15, 0.2) is 0 Å². The average Bonchev–Trinajstić information content (AvgIpc) is 2.79. The molecule has 0 fully saturated rings. The molecule has 0 unspecified atom stereocenters. The van der Waals surface area contributed by atoms with Gasteiger partial charge in [-0.25, -0.2) is 16.8 Å². The van der Waals surface area contributed by atoms with Crippen LogP contribution in [0.15, 0.2) is 70.5 Å². The summed E-state index contributed by atoms with van der Waals surface area (Å²) in [6.07, 6.45) is 0. The monoisotopic (exact) mass is 529 g/mol. The van der Waals surface area contributed by atoms with Gasteiger partial charge in [0.25, 0.3) is 15.9 Å². The molecule has 0 atom stereocenters. The molecule has 36 heavy (non-hydrogen) atoms. The number of aryl methyl sites for hydroxylation is 3. The van der Waals surface area contributed by atoms with Crippen LogP contribution in [-0.4, -0.2) is 40.1 Å². The second-order valence-corrected chi connectivity index (χ2v) is 12.1. The van der Waals surface area contributed by atoms with Crippen molar-refractivity contribution < 1.29 is 21.6 Å². The topological polar surface area (TPSA) is 113 Å². The predicted octanol–water partition coefficient (Wildman–Crippen LogP) is 4.70. The van der Waals surface area contributed by atoms with Gasteiger partial charge in [-0.15, -0.1) is 0 Å². The van der Waals surface area contributed by atoms with Crippen LogP contribution in [0.5, 0.6) is 0 Å². The highest BCUT2D eigenvalue weighted by Gasteiger charge is 2.22. The summed E-state index contributed by atoms with van der Waals surface area (Å²) in [7, 11) is -7.55. The normalized spacial score (nSPS) is 11.9. The summed E-state index contributed by atoms with van der Waals surface area (Å²) in [6.45, 7) is 9.67. The van der Waals surface area contributed by atoms with Crippen molar-refractivity contribution in [3.05, 3.63) is 82.9 Å². The van der Waals surface area contributed by atoms with Crippen LogP contribution in [0.4, 0.5) is 11.4 Å². The Morgan fingerprint density at radius 2 is 1.36 bits per heavy atom. The summed E-state index contributed by atoms with van der Waals surface area (Å²) < 4.78 is 55.5. The lowest BCUT2D eigenvalue weighted by Gasteiger charge is -2.18. The molecule has 8 nitrogen and oxygen atoms in total. The Bertz CT molecular complexity index is 1460. The van der Waals surface area contributed by atoms with Crippen molar-refractivity contribution in [2.24, 2.45) is 0 Å². The number of rotatable bonds is 9. The van der Waals surface area contributed by atoms with Gasteiger partial charge in [0.05, 0.1) is 9.79 Å². The molecule has 0 saturated heterocycles. The van der Waals surface area contributed by atoms with E-state index in [1.54, 1.807) is 45.0 Å². The van der Waals surface area contributed by atoms with Gasteiger partial charge in [0, 0.05) is 30.0 Å². The summed E-state index contributed by atoms with van der Waals surface area (Å²) in [5, 5.41) is 2.69. The summed E-state index contributed by atoms with van der Waals surface area (Å²) in [5.74, 6) is -0.516. The summed E-state index contributed by atoms with van der Waals surface area (Å²) in [6, 6.07) is 15.7. The molecule has 0 spiro atoms. The number of sulfonamides is 2. The van der Waals surface area contributed by atoms with Gasteiger partial charge in [-0.05, 0) is 86.0 Å². The van der Waals surface area contributed by atoms with Crippen LogP contribution in [0.3, 0.4) is 0 Å². The van der Waals surface area contributed by atoms with E-state index in [0.717, 1.165) is 11.1 Å². The zero-order valence-electron chi connectivity index (χ0n) is 21.0. The molecule has 0 radical (unpaired) electrons. The van der Waals surface area contributed by atoms with Gasteiger partial charge in [0.2, 0.25) is 10.0 Å². The van der Waals surface area contributed by atoms with Crippen molar-refractivity contribution in [1.82, 2.24) is 4.31 Å². The quantitative estimate of drug-likeness (QED) is 0.417. The second kappa shape index (κ2) is 10.8. The van der Waals surface area contributed by atoms with Crippen molar-refractivity contribution in [2.75, 3.05) is 23.1 Å². The largest absolute Gasteiger partial charge is 0.322 e. The smallest absolute Gasteiger partial charge is 0.262 e. The molecule has 0 aliphatic rings. The van der Waals surface area contributed by atoms with Crippen LogP contribution in [0.1, 0.15) is 40.9 Å². The van der Waals surface area contributed by atoms with E-state index in [4.69, 9.17) is 0 Å². The van der Waals surface area contributed by atoms with Gasteiger partial charge < -0.3 is 5.32 Å². The molecule has 1 amide bonds. The molecular formula is C26H31N3O5S2. The Balaban J connectivity index is 1.83. The average molecular weight is 530 g/mol. The Labute approximate surface area is 213 Å². The highest BCUT2D eigenvalue weighted by Crippen LogP contribution is 2.24. The Morgan fingerprint density at radius 1 is 0.778 bits per heavy atom. The number of carbonyl (C=O) groups is 1. The first-order valence-corrected chi connectivity index (χ1v) is 14.4. The molecule has 0 aromatic heterocycles. The predicted molar refractivity (Wildman–Crippen MR) is 142 cm³/mol. The third-order valence-electron chi connectivity index (χ3n) is 5.67. The number of anilines is 2. The first kappa shape index (κ1) is 27.4. The van der Waals surface area contributed by atoms with Crippen LogP contribution >= 0.6 is 0 Å². The highest BCUT2D eigenvalue weighted by atomic mass is 32.2. The van der Waals surface area contributed by atoms with Crippen molar-refractivity contribution in [3.63, 3.8) is 0 Å². The fourth-order valence-corrected chi connectivity index (χ4v) is 6.67. The molecule has 3 aromatic rings. The molecule has 0 heterocycles. The van der Waals surface area contributed by atoms with Gasteiger partial charge in [-0.3, -0.25) is 9.52 Å². The Kier molecular flexibility index (Phi) is 8.22. The molecule has 0 aliphatic heterocycles. The standard InChI is InChI=1S/C26H31N3O5S2/c1-6-29(7-2)36(33,34)24-12-10-22(11-13-24)27-26(30)21-9-8-20(5)25(17-21)35(31,32)28-23-15-18(3)14-19(4)16-23/h8-17,28H,6-7H2,1-5H3,(H,27,30). The van der Waals surface area contributed by atoms with E-state index in [-0.39, 0.29) is 15.4 Å². The maximum atomic E-state index is 13.1. The minimum atomic E-state index is -3.94. The number of carbonyl (C=O) groups excluding carboxylic acids is 1. The van der Waals surface area contributed by atoms with Crippen LogP contribution in [0, 0.1) is 20.8 Å². The van der Waals surface area contributed by atoms with Crippen LogP contribution in [0.2, 0.25) is 0 Å². The fourth-order valence-electron chi connectivity index (χ4n) is 3.90. The molecule has 2 N–H and O–H groups in total. The third-order valence-corrected chi connectivity index (χ3v) is 9.26. The molecule has 3 aromatic carbocycles. The van der Waals surface area contributed by atoms with Crippen molar-refractivity contribution in [1.29, 1.82) is 0 Å². The van der Waals surface area contributed by atoms with Crippen molar-refractivity contribution >= 4 is 37.3 Å². The van der Waals surface area contributed by atoms with E-state index in [1.807, 2.05) is 19.9 Å². The Morgan fingerprint density at radius 3 is 1.92 bits per heavy atom. The molecule has 0 saturated carbocycles. The number of hydrogen-bond donors (Lipinski definition) is 2. The van der Waals surface area contributed by atoms with E-state index in [2.05, 4.69) is 10.0 Å². The molecule has 0 bridgehead atoms. The molecule has 10 heteroatoms.